The molecular formula is C18H22O3. The Hall–Kier alpha value is -1.87. The number of aliphatic hydroxyl groups excluding tert-OH is 1. The second-order valence-corrected chi connectivity index (χ2v) is 5.61. The van der Waals surface area contributed by atoms with Gasteiger partial charge in [0, 0.05) is 0 Å². The van der Waals surface area contributed by atoms with E-state index in [-0.39, 0.29) is 0 Å². The highest BCUT2D eigenvalue weighted by atomic mass is 16.5. The highest BCUT2D eigenvalue weighted by Gasteiger charge is 2.16. The van der Waals surface area contributed by atoms with Gasteiger partial charge in [-0.1, -0.05) is 49.4 Å². The van der Waals surface area contributed by atoms with Crippen LogP contribution >= 0.6 is 0 Å². The summed E-state index contributed by atoms with van der Waals surface area (Å²) in [7, 11) is 1.30. The van der Waals surface area contributed by atoms with Crippen molar-refractivity contribution in [2.24, 2.45) is 5.92 Å². The van der Waals surface area contributed by atoms with Crippen molar-refractivity contribution < 1.29 is 14.6 Å². The van der Waals surface area contributed by atoms with Crippen molar-refractivity contribution in [1.82, 2.24) is 0 Å². The fourth-order valence-electron chi connectivity index (χ4n) is 2.57. The van der Waals surface area contributed by atoms with E-state index < -0.39 is 12.1 Å². The van der Waals surface area contributed by atoms with Gasteiger partial charge in [0.25, 0.3) is 0 Å². The highest BCUT2D eigenvalue weighted by Crippen LogP contribution is 2.20. The van der Waals surface area contributed by atoms with Gasteiger partial charge in [-0.3, -0.25) is 0 Å². The van der Waals surface area contributed by atoms with Gasteiger partial charge in [-0.2, -0.15) is 0 Å². The van der Waals surface area contributed by atoms with Crippen molar-refractivity contribution in [3.63, 3.8) is 0 Å². The molecular weight excluding hydrogens is 264 g/mol. The fraction of sp³-hybridized carbons (Fsp3) is 0.389. The molecule has 3 heteroatoms. The van der Waals surface area contributed by atoms with Crippen molar-refractivity contribution in [2.45, 2.75) is 32.3 Å². The molecule has 0 saturated heterocycles. The van der Waals surface area contributed by atoms with Crippen LogP contribution in [-0.2, 0) is 16.0 Å². The topological polar surface area (TPSA) is 46.5 Å². The summed E-state index contributed by atoms with van der Waals surface area (Å²) in [6.07, 6.45) is 1.18. The Bertz CT molecular complexity index is 606. The summed E-state index contributed by atoms with van der Waals surface area (Å²) < 4.78 is 4.52. The van der Waals surface area contributed by atoms with E-state index in [1.165, 1.54) is 23.4 Å². The van der Waals surface area contributed by atoms with Crippen LogP contribution in [-0.4, -0.2) is 24.3 Å². The Morgan fingerprint density at radius 2 is 1.86 bits per heavy atom. The molecule has 2 rings (SSSR count). The number of hydrogen-bond acceptors (Lipinski definition) is 3. The van der Waals surface area contributed by atoms with Crippen LogP contribution in [0.4, 0.5) is 0 Å². The maximum atomic E-state index is 11.2. The fourth-order valence-corrected chi connectivity index (χ4v) is 2.57. The molecule has 112 valence electrons. The second-order valence-electron chi connectivity index (χ2n) is 5.61. The summed E-state index contributed by atoms with van der Waals surface area (Å²) in [5, 5.41) is 12.1. The Labute approximate surface area is 125 Å². The molecule has 0 aromatic heterocycles. The lowest BCUT2D eigenvalue weighted by Gasteiger charge is -2.14. The quantitative estimate of drug-likeness (QED) is 0.829. The lowest BCUT2D eigenvalue weighted by molar-refractivity contribution is -0.150. The van der Waals surface area contributed by atoms with Gasteiger partial charge in [0.05, 0.1) is 7.11 Å². The molecule has 3 nitrogen and oxygen atoms in total. The molecule has 0 unspecified atom stereocenters. The second kappa shape index (κ2) is 7.23. The average molecular weight is 286 g/mol. The van der Waals surface area contributed by atoms with Gasteiger partial charge < -0.3 is 9.84 Å². The summed E-state index contributed by atoms with van der Waals surface area (Å²) in [6, 6.07) is 14.8. The first-order valence-electron chi connectivity index (χ1n) is 7.33. The number of esters is 1. The van der Waals surface area contributed by atoms with E-state index in [1.54, 1.807) is 0 Å². The average Bonchev–Trinajstić information content (AvgIpc) is 2.51. The van der Waals surface area contributed by atoms with E-state index in [0.29, 0.717) is 12.3 Å². The molecule has 0 aliphatic heterocycles. The molecule has 0 aliphatic rings. The summed E-state index contributed by atoms with van der Waals surface area (Å²) >= 11 is 0. The van der Waals surface area contributed by atoms with Crippen molar-refractivity contribution in [2.75, 3.05) is 7.11 Å². The van der Waals surface area contributed by atoms with Crippen LogP contribution in [0.3, 0.4) is 0 Å². The minimum absolute atomic E-state index is 0.408. The van der Waals surface area contributed by atoms with Gasteiger partial charge in [0.15, 0.2) is 6.10 Å². The van der Waals surface area contributed by atoms with Crippen molar-refractivity contribution in [1.29, 1.82) is 0 Å². The van der Waals surface area contributed by atoms with Gasteiger partial charge in [-0.05, 0) is 41.5 Å². The van der Waals surface area contributed by atoms with E-state index in [0.717, 1.165) is 12.8 Å². The molecule has 0 radical (unpaired) electrons. The molecule has 2 aromatic carbocycles. The number of methoxy groups -OCH3 is 1. The molecule has 2 aromatic rings. The van der Waals surface area contributed by atoms with Crippen molar-refractivity contribution in [3.8, 4) is 0 Å². The predicted octanol–water partition coefficient (Wildman–Crippen LogP) is 3.33. The molecule has 0 saturated carbocycles. The molecule has 0 heterocycles. The molecule has 0 bridgehead atoms. The number of benzene rings is 2. The number of carbonyl (C=O) groups excluding carboxylic acids is 1. The van der Waals surface area contributed by atoms with Crippen LogP contribution in [0.1, 0.15) is 25.3 Å². The lowest BCUT2D eigenvalue weighted by atomic mass is 9.94. The van der Waals surface area contributed by atoms with Crippen LogP contribution in [0.2, 0.25) is 0 Å². The molecule has 2 atom stereocenters. The Balaban J connectivity index is 1.92. The number of rotatable bonds is 6. The Morgan fingerprint density at radius 1 is 1.14 bits per heavy atom. The van der Waals surface area contributed by atoms with E-state index in [4.69, 9.17) is 0 Å². The van der Waals surface area contributed by atoms with Crippen molar-refractivity contribution >= 4 is 16.7 Å². The van der Waals surface area contributed by atoms with Gasteiger partial charge in [-0.25, -0.2) is 4.79 Å². The monoisotopic (exact) mass is 286 g/mol. The van der Waals surface area contributed by atoms with Gasteiger partial charge in [-0.15, -0.1) is 0 Å². The molecule has 0 fully saturated rings. The zero-order valence-corrected chi connectivity index (χ0v) is 12.6. The summed E-state index contributed by atoms with van der Waals surface area (Å²) in [5.74, 6) is -0.140. The van der Waals surface area contributed by atoms with Gasteiger partial charge in [0.1, 0.15) is 0 Å². The number of carbonyl (C=O) groups is 1. The molecule has 0 spiro atoms. The third kappa shape index (κ3) is 4.30. The zero-order chi connectivity index (χ0) is 15.2. The van der Waals surface area contributed by atoms with Crippen LogP contribution in [0.5, 0.6) is 0 Å². The molecule has 0 amide bonds. The highest BCUT2D eigenvalue weighted by molar-refractivity contribution is 5.83. The normalized spacial score (nSPS) is 13.9. The lowest BCUT2D eigenvalue weighted by Crippen LogP contribution is -2.22. The third-order valence-corrected chi connectivity index (χ3v) is 3.80. The molecule has 0 aliphatic carbocycles. The summed E-state index contributed by atoms with van der Waals surface area (Å²) in [6.45, 7) is 2.14. The summed E-state index contributed by atoms with van der Waals surface area (Å²) in [4.78, 5) is 11.2. The molecule has 1 N–H and O–H groups in total. The van der Waals surface area contributed by atoms with E-state index in [2.05, 4.69) is 42.0 Å². The first-order chi connectivity index (χ1) is 10.1. The SMILES string of the molecule is COC(=O)[C@@H](O)CC[C@H](C)Cc1ccc2ccccc2c1. The first-order valence-corrected chi connectivity index (χ1v) is 7.33. The number of fused-ring (bicyclic) bond motifs is 1. The number of ether oxygens (including phenoxy) is 1. The number of hydrogen-bond donors (Lipinski definition) is 1. The smallest absolute Gasteiger partial charge is 0.334 e. The van der Waals surface area contributed by atoms with Crippen LogP contribution < -0.4 is 0 Å². The van der Waals surface area contributed by atoms with E-state index in [9.17, 15) is 9.90 Å². The Morgan fingerprint density at radius 3 is 2.57 bits per heavy atom. The van der Waals surface area contributed by atoms with Crippen LogP contribution in [0.25, 0.3) is 10.8 Å². The zero-order valence-electron chi connectivity index (χ0n) is 12.6. The standard InChI is InChI=1S/C18H22O3/c1-13(7-10-17(19)18(20)21-2)11-14-8-9-15-5-3-4-6-16(15)12-14/h3-6,8-9,12-13,17,19H,7,10-11H2,1-2H3/t13-,17-/m0/s1. The third-order valence-electron chi connectivity index (χ3n) is 3.80. The van der Waals surface area contributed by atoms with Crippen LogP contribution in [0, 0.1) is 5.92 Å². The van der Waals surface area contributed by atoms with E-state index >= 15 is 0 Å². The van der Waals surface area contributed by atoms with Crippen LogP contribution in [0.15, 0.2) is 42.5 Å². The molecule has 21 heavy (non-hydrogen) atoms. The Kier molecular flexibility index (Phi) is 5.34. The first kappa shape index (κ1) is 15.5. The maximum absolute atomic E-state index is 11.2. The van der Waals surface area contributed by atoms with E-state index in [1.807, 2.05) is 12.1 Å². The van der Waals surface area contributed by atoms with Gasteiger partial charge in [0.2, 0.25) is 0 Å². The largest absolute Gasteiger partial charge is 0.467 e. The summed E-state index contributed by atoms with van der Waals surface area (Å²) in [5.41, 5.74) is 1.29. The maximum Gasteiger partial charge on any atom is 0.334 e. The minimum Gasteiger partial charge on any atom is -0.467 e. The predicted molar refractivity (Wildman–Crippen MR) is 84.1 cm³/mol. The number of aliphatic hydroxyl groups is 1. The minimum atomic E-state index is -1.01. The van der Waals surface area contributed by atoms with Crippen molar-refractivity contribution in [3.05, 3.63) is 48.0 Å². The van der Waals surface area contributed by atoms with Gasteiger partial charge >= 0.3 is 5.97 Å².